The van der Waals surface area contributed by atoms with Gasteiger partial charge in [0.05, 0.1) is 13.2 Å². The van der Waals surface area contributed by atoms with E-state index in [1.807, 2.05) is 46.7 Å². The van der Waals surface area contributed by atoms with Gasteiger partial charge in [0.2, 0.25) is 5.91 Å². The second kappa shape index (κ2) is 7.36. The van der Waals surface area contributed by atoms with Crippen LogP contribution in [0.15, 0.2) is 0 Å². The molecule has 0 aromatic carbocycles. The molecule has 0 aliphatic carbocycles. The minimum atomic E-state index is -0.594. The summed E-state index contributed by atoms with van der Waals surface area (Å²) < 4.78 is 4.71. The number of ether oxygens (including phenoxy) is 1. The standard InChI is InChI=1S/C13H26N2O3/c1-8(2)10(13(17)18-7)14-12(16)11(9(3)4)15(5)6/h8-11H,1-7H3,(H,14,16)/t10-,11-/m0/s1. The molecule has 1 amide bonds. The summed E-state index contributed by atoms with van der Waals surface area (Å²) in [5.74, 6) is -0.374. The molecule has 0 aromatic rings. The van der Waals surface area contributed by atoms with Crippen molar-refractivity contribution in [3.63, 3.8) is 0 Å². The minimum absolute atomic E-state index is 0.00336. The zero-order valence-electron chi connectivity index (χ0n) is 12.5. The number of carbonyl (C=O) groups is 2. The molecule has 0 fully saturated rings. The van der Waals surface area contributed by atoms with Crippen molar-refractivity contribution in [2.75, 3.05) is 21.2 Å². The number of rotatable bonds is 6. The summed E-state index contributed by atoms with van der Waals surface area (Å²) >= 11 is 0. The zero-order chi connectivity index (χ0) is 14.5. The molecule has 1 N–H and O–H groups in total. The first-order valence-electron chi connectivity index (χ1n) is 6.27. The quantitative estimate of drug-likeness (QED) is 0.719. The molecule has 0 spiro atoms. The van der Waals surface area contributed by atoms with Crippen LogP contribution in [0.5, 0.6) is 0 Å². The van der Waals surface area contributed by atoms with Crippen LogP contribution < -0.4 is 5.32 Å². The van der Waals surface area contributed by atoms with Crippen molar-refractivity contribution in [1.82, 2.24) is 10.2 Å². The SMILES string of the molecule is COC(=O)[C@@H](NC(=O)[C@H](C(C)C)N(C)C)C(C)C. The summed E-state index contributed by atoms with van der Waals surface area (Å²) in [6, 6.07) is -0.848. The van der Waals surface area contributed by atoms with E-state index in [0.717, 1.165) is 0 Å². The van der Waals surface area contributed by atoms with E-state index in [1.165, 1.54) is 7.11 Å². The Bertz CT molecular complexity index is 280. The number of hydrogen-bond donors (Lipinski definition) is 1. The summed E-state index contributed by atoms with van der Waals surface area (Å²) in [6.45, 7) is 7.71. The second-order valence-corrected chi connectivity index (χ2v) is 5.41. The lowest BCUT2D eigenvalue weighted by Gasteiger charge is -2.29. The van der Waals surface area contributed by atoms with Gasteiger partial charge < -0.3 is 10.1 Å². The highest BCUT2D eigenvalue weighted by molar-refractivity contribution is 5.87. The minimum Gasteiger partial charge on any atom is -0.467 e. The third-order valence-corrected chi connectivity index (χ3v) is 2.88. The summed E-state index contributed by atoms with van der Waals surface area (Å²) in [4.78, 5) is 25.7. The van der Waals surface area contributed by atoms with Crippen LogP contribution in [0.25, 0.3) is 0 Å². The van der Waals surface area contributed by atoms with E-state index in [1.54, 1.807) is 0 Å². The van der Waals surface area contributed by atoms with Crippen molar-refractivity contribution in [3.8, 4) is 0 Å². The number of amides is 1. The number of carbonyl (C=O) groups excluding carboxylic acids is 2. The first-order valence-corrected chi connectivity index (χ1v) is 6.27. The van der Waals surface area contributed by atoms with Crippen molar-refractivity contribution in [1.29, 1.82) is 0 Å². The Labute approximate surface area is 110 Å². The average Bonchev–Trinajstić information content (AvgIpc) is 2.23. The van der Waals surface area contributed by atoms with Crippen molar-refractivity contribution < 1.29 is 14.3 Å². The molecule has 0 saturated heterocycles. The van der Waals surface area contributed by atoms with Gasteiger partial charge >= 0.3 is 5.97 Å². The molecule has 0 aromatic heterocycles. The molecule has 0 rings (SSSR count). The van der Waals surface area contributed by atoms with Gasteiger partial charge in [-0.25, -0.2) is 4.79 Å². The molecule has 5 heteroatoms. The summed E-state index contributed by atoms with van der Waals surface area (Å²) in [5.41, 5.74) is 0. The fourth-order valence-corrected chi connectivity index (χ4v) is 2.00. The first-order chi connectivity index (χ1) is 8.22. The zero-order valence-corrected chi connectivity index (χ0v) is 12.5. The maximum atomic E-state index is 12.2. The second-order valence-electron chi connectivity index (χ2n) is 5.41. The summed E-state index contributed by atoms with van der Waals surface area (Å²) in [6.07, 6.45) is 0. The van der Waals surface area contributed by atoms with Crippen LogP contribution >= 0.6 is 0 Å². The van der Waals surface area contributed by atoms with E-state index >= 15 is 0 Å². The van der Waals surface area contributed by atoms with E-state index in [2.05, 4.69) is 5.32 Å². The fraction of sp³-hybridized carbons (Fsp3) is 0.846. The van der Waals surface area contributed by atoms with E-state index in [0.29, 0.717) is 0 Å². The number of nitrogens with one attached hydrogen (secondary N) is 1. The molecule has 0 saturated carbocycles. The van der Waals surface area contributed by atoms with Gasteiger partial charge in [0.1, 0.15) is 6.04 Å². The molecule has 0 unspecified atom stereocenters. The van der Waals surface area contributed by atoms with Crippen LogP contribution in [0.3, 0.4) is 0 Å². The van der Waals surface area contributed by atoms with E-state index < -0.39 is 12.0 Å². The Balaban J connectivity index is 4.82. The largest absolute Gasteiger partial charge is 0.467 e. The number of hydrogen-bond acceptors (Lipinski definition) is 4. The Morgan fingerprint density at radius 3 is 1.83 bits per heavy atom. The Hall–Kier alpha value is -1.10. The summed E-state index contributed by atoms with van der Waals surface area (Å²) in [5, 5.41) is 2.77. The van der Waals surface area contributed by atoms with Gasteiger partial charge in [-0.2, -0.15) is 0 Å². The number of nitrogens with zero attached hydrogens (tertiary/aromatic N) is 1. The maximum Gasteiger partial charge on any atom is 0.328 e. The predicted molar refractivity (Wildman–Crippen MR) is 71.1 cm³/mol. The van der Waals surface area contributed by atoms with Gasteiger partial charge in [-0.1, -0.05) is 27.7 Å². The predicted octanol–water partition coefficient (Wildman–Crippen LogP) is 0.886. The van der Waals surface area contributed by atoms with Crippen LogP contribution in [0, 0.1) is 11.8 Å². The molecule has 0 radical (unpaired) electrons. The van der Waals surface area contributed by atoms with Crippen molar-refractivity contribution in [3.05, 3.63) is 0 Å². The molecule has 0 heterocycles. The topological polar surface area (TPSA) is 58.6 Å². The molecular weight excluding hydrogens is 232 g/mol. The highest BCUT2D eigenvalue weighted by Crippen LogP contribution is 2.10. The maximum absolute atomic E-state index is 12.2. The highest BCUT2D eigenvalue weighted by Gasteiger charge is 2.30. The monoisotopic (exact) mass is 258 g/mol. The van der Waals surface area contributed by atoms with E-state index in [4.69, 9.17) is 4.74 Å². The molecule has 2 atom stereocenters. The van der Waals surface area contributed by atoms with Gasteiger partial charge in [0.25, 0.3) is 0 Å². The third kappa shape index (κ3) is 4.64. The van der Waals surface area contributed by atoms with Crippen molar-refractivity contribution in [2.24, 2.45) is 11.8 Å². The molecule has 18 heavy (non-hydrogen) atoms. The lowest BCUT2D eigenvalue weighted by Crippen LogP contribution is -2.53. The lowest BCUT2D eigenvalue weighted by molar-refractivity contribution is -0.147. The fourth-order valence-electron chi connectivity index (χ4n) is 2.00. The Kier molecular flexibility index (Phi) is 6.91. The molecule has 0 aliphatic heterocycles. The van der Waals surface area contributed by atoms with Crippen LogP contribution in [0.4, 0.5) is 0 Å². The third-order valence-electron chi connectivity index (χ3n) is 2.88. The van der Waals surface area contributed by atoms with E-state index in [9.17, 15) is 9.59 Å². The first kappa shape index (κ1) is 16.9. The molecule has 106 valence electrons. The number of likely N-dealkylation sites (N-methyl/N-ethyl adjacent to an activating group) is 1. The van der Waals surface area contributed by atoms with Crippen LogP contribution in [0.1, 0.15) is 27.7 Å². The molecule has 5 nitrogen and oxygen atoms in total. The Morgan fingerprint density at radius 2 is 1.56 bits per heavy atom. The van der Waals surface area contributed by atoms with Gasteiger partial charge in [-0.15, -0.1) is 0 Å². The lowest BCUT2D eigenvalue weighted by atomic mass is 9.99. The van der Waals surface area contributed by atoms with Crippen molar-refractivity contribution >= 4 is 11.9 Å². The molecule has 0 bridgehead atoms. The van der Waals surface area contributed by atoms with Gasteiger partial charge in [0, 0.05) is 0 Å². The average molecular weight is 258 g/mol. The van der Waals surface area contributed by atoms with Crippen LogP contribution in [0.2, 0.25) is 0 Å². The van der Waals surface area contributed by atoms with Gasteiger partial charge in [-0.3, -0.25) is 9.69 Å². The van der Waals surface area contributed by atoms with Crippen LogP contribution in [-0.4, -0.2) is 50.1 Å². The van der Waals surface area contributed by atoms with Gasteiger partial charge in [0.15, 0.2) is 0 Å². The Morgan fingerprint density at radius 1 is 1.06 bits per heavy atom. The van der Waals surface area contributed by atoms with Crippen molar-refractivity contribution in [2.45, 2.75) is 39.8 Å². The smallest absolute Gasteiger partial charge is 0.328 e. The van der Waals surface area contributed by atoms with Crippen LogP contribution in [-0.2, 0) is 14.3 Å². The highest BCUT2D eigenvalue weighted by atomic mass is 16.5. The normalized spacial score (nSPS) is 14.8. The molecule has 0 aliphatic rings. The number of esters is 1. The van der Waals surface area contributed by atoms with Gasteiger partial charge in [-0.05, 0) is 25.9 Å². The summed E-state index contributed by atoms with van der Waals surface area (Å²) in [7, 11) is 5.04. The van der Waals surface area contributed by atoms with E-state index in [-0.39, 0.29) is 23.8 Å². The molecular formula is C13H26N2O3. The number of methoxy groups -OCH3 is 1.